The van der Waals surface area contributed by atoms with E-state index >= 15 is 0 Å². The van der Waals surface area contributed by atoms with Crippen LogP contribution in [0.5, 0.6) is 0 Å². The summed E-state index contributed by atoms with van der Waals surface area (Å²) in [5, 5.41) is 0. The van der Waals surface area contributed by atoms with Crippen LogP contribution in [0.2, 0.25) is 0 Å². The van der Waals surface area contributed by atoms with Gasteiger partial charge in [-0.3, -0.25) is 9.36 Å². The Morgan fingerprint density at radius 2 is 1.84 bits per heavy atom. The summed E-state index contributed by atoms with van der Waals surface area (Å²) in [6.45, 7) is 0. The highest BCUT2D eigenvalue weighted by Crippen LogP contribution is 2.41. The lowest BCUT2D eigenvalue weighted by Gasteiger charge is -2.30. The van der Waals surface area contributed by atoms with E-state index in [0.717, 1.165) is 28.9 Å². The molecule has 4 aromatic rings. The number of furan rings is 1. The fourth-order valence-corrected chi connectivity index (χ4v) is 5.79. The van der Waals surface area contributed by atoms with E-state index in [-0.39, 0.29) is 11.6 Å². The first kappa shape index (κ1) is 18.8. The third kappa shape index (κ3) is 3.09. The number of fused-ring (bicyclic) bond motifs is 3. The molecular weight excluding hydrogens is 472 g/mol. The second kappa shape index (κ2) is 7.32. The van der Waals surface area contributed by atoms with Gasteiger partial charge < -0.3 is 4.42 Å². The van der Waals surface area contributed by atoms with Crippen LogP contribution in [-0.4, -0.2) is 4.57 Å². The van der Waals surface area contributed by atoms with E-state index in [0.29, 0.717) is 15.0 Å². The molecule has 6 heteroatoms. The van der Waals surface area contributed by atoms with Crippen LogP contribution in [0.1, 0.15) is 34.9 Å². The smallest absolute Gasteiger partial charge is 0.271 e. The van der Waals surface area contributed by atoms with Crippen LogP contribution in [0.4, 0.5) is 0 Å². The van der Waals surface area contributed by atoms with Crippen molar-refractivity contribution in [1.82, 2.24) is 4.57 Å². The third-order valence-electron chi connectivity index (χ3n) is 5.86. The summed E-state index contributed by atoms with van der Waals surface area (Å²) in [6.07, 6.45) is 3.65. The molecule has 0 unspecified atom stereocenters. The first-order valence-electron chi connectivity index (χ1n) is 10.1. The topological polar surface area (TPSA) is 47.5 Å². The minimum Gasteiger partial charge on any atom is -0.450 e. The molecule has 6 rings (SSSR count). The van der Waals surface area contributed by atoms with Gasteiger partial charge in [-0.05, 0) is 57.6 Å². The van der Waals surface area contributed by atoms with Crippen molar-refractivity contribution < 1.29 is 4.42 Å². The van der Waals surface area contributed by atoms with E-state index in [1.165, 1.54) is 28.0 Å². The van der Waals surface area contributed by atoms with Gasteiger partial charge in [0.05, 0.1) is 16.3 Å². The molecule has 31 heavy (non-hydrogen) atoms. The zero-order chi connectivity index (χ0) is 20.9. The van der Waals surface area contributed by atoms with Gasteiger partial charge in [0.2, 0.25) is 0 Å². The zero-order valence-electron chi connectivity index (χ0n) is 16.4. The lowest BCUT2D eigenvalue weighted by Crippen LogP contribution is -2.38. The number of thiazole rings is 1. The van der Waals surface area contributed by atoms with Crippen LogP contribution < -0.4 is 14.9 Å². The molecule has 0 amide bonds. The first-order valence-corrected chi connectivity index (χ1v) is 11.7. The highest BCUT2D eigenvalue weighted by Gasteiger charge is 2.32. The van der Waals surface area contributed by atoms with E-state index in [1.54, 1.807) is 6.08 Å². The molecule has 4 nitrogen and oxygen atoms in total. The van der Waals surface area contributed by atoms with Gasteiger partial charge in [-0.15, -0.1) is 0 Å². The molecule has 3 heterocycles. The number of aryl methyl sites for hydroxylation is 1. The lowest BCUT2D eigenvalue weighted by molar-refractivity contribution is 0.531. The maximum Gasteiger partial charge on any atom is 0.271 e. The normalized spacial score (nSPS) is 17.7. The number of hydrogen-bond donors (Lipinski definition) is 0. The largest absolute Gasteiger partial charge is 0.450 e. The van der Waals surface area contributed by atoms with Gasteiger partial charge in [0, 0.05) is 11.6 Å². The van der Waals surface area contributed by atoms with Gasteiger partial charge in [0.1, 0.15) is 5.76 Å². The molecule has 0 radical (unpaired) electrons. The number of aromatic nitrogens is 1. The molecule has 2 aromatic carbocycles. The minimum absolute atomic E-state index is 0.0319. The predicted molar refractivity (Wildman–Crippen MR) is 126 cm³/mol. The number of allylic oxidation sites excluding steroid dienone is 1. The molecule has 1 atom stereocenters. The molecule has 1 aliphatic carbocycles. The van der Waals surface area contributed by atoms with Gasteiger partial charge >= 0.3 is 0 Å². The van der Waals surface area contributed by atoms with Crippen molar-refractivity contribution in [3.63, 3.8) is 0 Å². The van der Waals surface area contributed by atoms with Crippen LogP contribution in [0.25, 0.3) is 11.8 Å². The fourth-order valence-electron chi connectivity index (χ4n) is 4.49. The molecule has 0 spiro atoms. The van der Waals surface area contributed by atoms with Crippen molar-refractivity contribution in [2.45, 2.75) is 18.9 Å². The fraction of sp³-hybridized carbons (Fsp3) is 0.120. The van der Waals surface area contributed by atoms with Gasteiger partial charge in [-0.25, -0.2) is 4.99 Å². The van der Waals surface area contributed by atoms with Crippen LogP contribution in [0, 0.1) is 0 Å². The average Bonchev–Trinajstić information content (AvgIpc) is 3.35. The lowest BCUT2D eigenvalue weighted by atomic mass is 9.83. The molecule has 1 aliphatic heterocycles. The van der Waals surface area contributed by atoms with Crippen molar-refractivity contribution >= 4 is 39.0 Å². The maximum absolute atomic E-state index is 13.5. The molecular formula is C25H17BrN2O2S. The van der Waals surface area contributed by atoms with Crippen molar-refractivity contribution in [3.8, 4) is 0 Å². The molecule has 0 saturated carbocycles. The van der Waals surface area contributed by atoms with Crippen molar-refractivity contribution in [2.75, 3.05) is 0 Å². The highest BCUT2D eigenvalue weighted by molar-refractivity contribution is 9.10. The van der Waals surface area contributed by atoms with Crippen LogP contribution in [0.3, 0.4) is 0 Å². The summed E-state index contributed by atoms with van der Waals surface area (Å²) in [7, 11) is 0. The average molecular weight is 489 g/mol. The second-order valence-electron chi connectivity index (χ2n) is 7.67. The monoisotopic (exact) mass is 488 g/mol. The van der Waals surface area contributed by atoms with Crippen molar-refractivity contribution in [3.05, 3.63) is 119 Å². The molecule has 0 saturated heterocycles. The molecule has 2 aromatic heterocycles. The Bertz CT molecular complexity index is 1530. The predicted octanol–water partition coefficient (Wildman–Crippen LogP) is 4.67. The number of hydrogen-bond acceptors (Lipinski definition) is 4. The summed E-state index contributed by atoms with van der Waals surface area (Å²) in [6, 6.07) is 22.3. The van der Waals surface area contributed by atoms with Gasteiger partial charge in [0.15, 0.2) is 9.47 Å². The van der Waals surface area contributed by atoms with Crippen LogP contribution in [0.15, 0.2) is 91.2 Å². The minimum atomic E-state index is -0.147. The Morgan fingerprint density at radius 3 is 2.65 bits per heavy atom. The summed E-state index contributed by atoms with van der Waals surface area (Å²) in [4.78, 5) is 19.3. The standard InChI is InChI=1S/C25H17BrN2O2S/c26-21-13-11-17(30-21)14-20-24(29)28-23(16-7-2-1-3-8-16)19-12-10-15-6-4-5-9-18(15)22(19)27-25(28)31-20/h1-9,11,13-14,23H,10,12H2/b20-14-/t23-/m1/s1. The maximum atomic E-state index is 13.5. The number of nitrogens with zero attached hydrogens (tertiary/aromatic N) is 2. The van der Waals surface area contributed by atoms with Crippen LogP contribution >= 0.6 is 27.3 Å². The Morgan fingerprint density at radius 1 is 1.03 bits per heavy atom. The first-order chi connectivity index (χ1) is 15.2. The molecule has 2 aliphatic rings. The van der Waals surface area contributed by atoms with E-state index in [1.807, 2.05) is 34.9 Å². The highest BCUT2D eigenvalue weighted by atomic mass is 79.9. The number of rotatable bonds is 2. The molecule has 0 N–H and O–H groups in total. The van der Waals surface area contributed by atoms with Gasteiger partial charge in [0.25, 0.3) is 5.56 Å². The summed E-state index contributed by atoms with van der Waals surface area (Å²) >= 11 is 4.74. The summed E-state index contributed by atoms with van der Waals surface area (Å²) in [5.74, 6) is 0.641. The Hall–Kier alpha value is -2.96. The van der Waals surface area contributed by atoms with Gasteiger partial charge in [-0.1, -0.05) is 65.9 Å². The molecule has 0 fully saturated rings. The van der Waals surface area contributed by atoms with Gasteiger partial charge in [-0.2, -0.15) is 0 Å². The summed E-state index contributed by atoms with van der Waals surface area (Å²) < 4.78 is 8.72. The SMILES string of the molecule is O=c1/c(=C/c2ccc(Br)o2)sc2n1[C@H](c1ccccc1)C1=C(N=2)c2ccccc2CC1. The second-order valence-corrected chi connectivity index (χ2v) is 9.46. The number of halogens is 1. The molecule has 152 valence electrons. The van der Waals surface area contributed by atoms with E-state index in [2.05, 4.69) is 52.3 Å². The van der Waals surface area contributed by atoms with E-state index in [4.69, 9.17) is 9.41 Å². The quantitative estimate of drug-likeness (QED) is 0.411. The zero-order valence-corrected chi connectivity index (χ0v) is 18.8. The van der Waals surface area contributed by atoms with Crippen molar-refractivity contribution in [1.29, 1.82) is 0 Å². The van der Waals surface area contributed by atoms with Crippen LogP contribution in [-0.2, 0) is 6.42 Å². The Labute approximate surface area is 190 Å². The molecule has 0 bridgehead atoms. The number of benzene rings is 2. The van der Waals surface area contributed by atoms with E-state index in [9.17, 15) is 4.79 Å². The summed E-state index contributed by atoms with van der Waals surface area (Å²) in [5.41, 5.74) is 5.80. The Kier molecular flexibility index (Phi) is 4.44. The third-order valence-corrected chi connectivity index (χ3v) is 7.26. The Balaban J connectivity index is 1.64. The van der Waals surface area contributed by atoms with E-state index < -0.39 is 0 Å². The van der Waals surface area contributed by atoms with Crippen molar-refractivity contribution in [2.24, 2.45) is 4.99 Å².